The molecular formula is C25H21N3O2. The number of aromatic nitrogens is 2. The normalized spacial score (nSPS) is 10.2. The standard InChI is InChI=1S/C15H13NO.C10H8N2O/c1-2-5-12(6-3-1)11-17-14-8-4-7-13-9-10-16-15(13)14;11-5-7-13-9-3-1-2-8-4-6-12-10(8)9/h1-10,16H,11H2;1-4,6,12H,7H2. The molecule has 0 amide bonds. The van der Waals surface area contributed by atoms with Crippen molar-refractivity contribution in [1.82, 2.24) is 9.97 Å². The maximum absolute atomic E-state index is 8.37. The van der Waals surface area contributed by atoms with Crippen LogP contribution in [0.15, 0.2) is 91.3 Å². The number of nitriles is 1. The van der Waals surface area contributed by atoms with Crippen molar-refractivity contribution in [2.24, 2.45) is 0 Å². The van der Waals surface area contributed by atoms with Gasteiger partial charge in [-0.15, -0.1) is 0 Å². The molecule has 5 aromatic rings. The van der Waals surface area contributed by atoms with Crippen LogP contribution in [0.2, 0.25) is 0 Å². The van der Waals surface area contributed by atoms with Gasteiger partial charge in [-0.25, -0.2) is 0 Å². The van der Waals surface area contributed by atoms with Crippen molar-refractivity contribution in [3.8, 4) is 17.6 Å². The van der Waals surface area contributed by atoms with E-state index in [1.54, 1.807) is 0 Å². The molecule has 0 bridgehead atoms. The lowest BCUT2D eigenvalue weighted by Gasteiger charge is -2.07. The van der Waals surface area contributed by atoms with Crippen molar-refractivity contribution in [2.75, 3.05) is 6.61 Å². The average molecular weight is 395 g/mol. The smallest absolute Gasteiger partial charge is 0.174 e. The van der Waals surface area contributed by atoms with Gasteiger partial charge < -0.3 is 19.4 Å². The topological polar surface area (TPSA) is 73.8 Å². The molecule has 5 heteroatoms. The number of hydrogen-bond acceptors (Lipinski definition) is 3. The molecule has 30 heavy (non-hydrogen) atoms. The van der Waals surface area contributed by atoms with Gasteiger partial charge in [-0.3, -0.25) is 0 Å². The van der Waals surface area contributed by atoms with Gasteiger partial charge >= 0.3 is 0 Å². The van der Waals surface area contributed by atoms with Crippen LogP contribution in [0.4, 0.5) is 0 Å². The Kier molecular flexibility index (Phi) is 5.97. The van der Waals surface area contributed by atoms with Crippen LogP contribution < -0.4 is 9.47 Å². The zero-order chi connectivity index (χ0) is 20.6. The Morgan fingerprint density at radius 2 is 1.27 bits per heavy atom. The van der Waals surface area contributed by atoms with Crippen LogP contribution in [-0.2, 0) is 6.61 Å². The number of nitrogens with one attached hydrogen (secondary N) is 2. The summed E-state index contributed by atoms with van der Waals surface area (Å²) >= 11 is 0. The Morgan fingerprint density at radius 3 is 1.87 bits per heavy atom. The van der Waals surface area contributed by atoms with E-state index in [4.69, 9.17) is 14.7 Å². The number of rotatable bonds is 5. The van der Waals surface area contributed by atoms with E-state index in [2.05, 4.69) is 28.2 Å². The highest BCUT2D eigenvalue weighted by Crippen LogP contribution is 2.25. The summed E-state index contributed by atoms with van der Waals surface area (Å²) in [5.74, 6) is 1.63. The summed E-state index contributed by atoms with van der Waals surface area (Å²) in [6, 6.07) is 27.9. The van der Waals surface area contributed by atoms with Gasteiger partial charge in [0.1, 0.15) is 24.2 Å². The highest BCUT2D eigenvalue weighted by atomic mass is 16.5. The third kappa shape index (κ3) is 4.45. The Morgan fingerprint density at radius 1 is 0.667 bits per heavy atom. The van der Waals surface area contributed by atoms with Crippen LogP contribution in [0, 0.1) is 11.3 Å². The summed E-state index contributed by atoms with van der Waals surface area (Å²) < 4.78 is 11.1. The first-order valence-corrected chi connectivity index (χ1v) is 9.64. The number of para-hydroxylation sites is 2. The largest absolute Gasteiger partial charge is 0.487 e. The van der Waals surface area contributed by atoms with Gasteiger partial charge in [0.05, 0.1) is 11.0 Å². The van der Waals surface area contributed by atoms with Crippen LogP contribution in [0.3, 0.4) is 0 Å². The highest BCUT2D eigenvalue weighted by molar-refractivity contribution is 5.85. The number of H-pyrrole nitrogens is 2. The first-order valence-electron chi connectivity index (χ1n) is 9.64. The summed E-state index contributed by atoms with van der Waals surface area (Å²) in [6.07, 6.45) is 3.78. The molecule has 0 saturated carbocycles. The molecule has 0 aliphatic rings. The molecule has 0 atom stereocenters. The average Bonchev–Trinajstić information content (AvgIpc) is 3.47. The van der Waals surface area contributed by atoms with E-state index < -0.39 is 0 Å². The van der Waals surface area contributed by atoms with E-state index >= 15 is 0 Å². The van der Waals surface area contributed by atoms with E-state index in [-0.39, 0.29) is 6.61 Å². The van der Waals surface area contributed by atoms with E-state index in [9.17, 15) is 0 Å². The summed E-state index contributed by atoms with van der Waals surface area (Å²) in [7, 11) is 0. The van der Waals surface area contributed by atoms with E-state index in [1.165, 1.54) is 10.9 Å². The number of ether oxygens (including phenoxy) is 2. The number of aromatic amines is 2. The second-order valence-electron chi connectivity index (χ2n) is 6.62. The molecule has 5 nitrogen and oxygen atoms in total. The van der Waals surface area contributed by atoms with E-state index in [0.29, 0.717) is 6.61 Å². The Bertz CT molecular complexity index is 1270. The first-order chi connectivity index (χ1) is 14.8. The van der Waals surface area contributed by atoms with Gasteiger partial charge in [-0.05, 0) is 29.8 Å². The molecule has 2 heterocycles. The van der Waals surface area contributed by atoms with Crippen LogP contribution in [0.25, 0.3) is 21.8 Å². The second-order valence-corrected chi connectivity index (χ2v) is 6.62. The molecule has 5 rings (SSSR count). The van der Waals surface area contributed by atoms with E-state index in [1.807, 2.05) is 79.1 Å². The summed E-state index contributed by atoms with van der Waals surface area (Å²) in [5.41, 5.74) is 3.18. The molecule has 0 aliphatic heterocycles. The highest BCUT2D eigenvalue weighted by Gasteiger charge is 2.03. The third-order valence-electron chi connectivity index (χ3n) is 4.63. The fourth-order valence-electron chi connectivity index (χ4n) is 3.20. The van der Waals surface area contributed by atoms with Crippen LogP contribution in [0.5, 0.6) is 11.5 Å². The van der Waals surface area contributed by atoms with Gasteiger partial charge in [0.25, 0.3) is 0 Å². The van der Waals surface area contributed by atoms with Crippen LogP contribution >= 0.6 is 0 Å². The molecule has 0 fully saturated rings. The molecule has 2 aromatic heterocycles. The van der Waals surface area contributed by atoms with Gasteiger partial charge in [-0.1, -0.05) is 54.6 Å². The number of fused-ring (bicyclic) bond motifs is 2. The first kappa shape index (κ1) is 19.2. The molecule has 0 unspecified atom stereocenters. The zero-order valence-corrected chi connectivity index (χ0v) is 16.3. The Labute approximate surface area is 174 Å². The maximum atomic E-state index is 8.37. The predicted molar refractivity (Wildman–Crippen MR) is 118 cm³/mol. The molecule has 0 radical (unpaired) electrons. The van der Waals surface area contributed by atoms with Crippen molar-refractivity contribution in [3.05, 3.63) is 96.8 Å². The van der Waals surface area contributed by atoms with E-state index in [0.717, 1.165) is 27.9 Å². The van der Waals surface area contributed by atoms with Crippen molar-refractivity contribution in [1.29, 1.82) is 5.26 Å². The van der Waals surface area contributed by atoms with Crippen LogP contribution in [0.1, 0.15) is 5.56 Å². The van der Waals surface area contributed by atoms with Crippen molar-refractivity contribution in [3.63, 3.8) is 0 Å². The van der Waals surface area contributed by atoms with Crippen molar-refractivity contribution >= 4 is 21.8 Å². The molecular weight excluding hydrogens is 374 g/mol. The fourth-order valence-corrected chi connectivity index (χ4v) is 3.20. The summed E-state index contributed by atoms with van der Waals surface area (Å²) in [6.45, 7) is 0.678. The van der Waals surface area contributed by atoms with Crippen LogP contribution in [-0.4, -0.2) is 16.6 Å². The van der Waals surface area contributed by atoms with Crippen molar-refractivity contribution in [2.45, 2.75) is 6.61 Å². The molecule has 148 valence electrons. The lowest BCUT2D eigenvalue weighted by atomic mass is 10.2. The quantitative estimate of drug-likeness (QED) is 0.394. The number of hydrogen-bond donors (Lipinski definition) is 2. The Balaban J connectivity index is 0.000000151. The minimum atomic E-state index is 0.0815. The maximum Gasteiger partial charge on any atom is 0.174 e. The zero-order valence-electron chi connectivity index (χ0n) is 16.3. The molecule has 3 aromatic carbocycles. The second kappa shape index (κ2) is 9.35. The molecule has 0 spiro atoms. The van der Waals surface area contributed by atoms with Gasteiger partial charge in [-0.2, -0.15) is 5.26 Å². The minimum Gasteiger partial charge on any atom is -0.487 e. The summed E-state index contributed by atoms with van der Waals surface area (Å²) in [5, 5.41) is 10.6. The lowest BCUT2D eigenvalue weighted by Crippen LogP contribution is -1.95. The van der Waals surface area contributed by atoms with Crippen molar-refractivity contribution < 1.29 is 9.47 Å². The molecule has 0 saturated heterocycles. The van der Waals surface area contributed by atoms with Gasteiger partial charge in [0, 0.05) is 23.2 Å². The SMILES string of the molecule is N#CCOc1cccc2cc[nH]c12.c1ccc(COc2cccc3cc[nH]c23)cc1. The third-order valence-corrected chi connectivity index (χ3v) is 4.63. The number of nitrogens with zero attached hydrogens (tertiary/aromatic N) is 1. The number of benzene rings is 3. The van der Waals surface area contributed by atoms with Gasteiger partial charge in [0.2, 0.25) is 0 Å². The Hall–Kier alpha value is -4.17. The van der Waals surface area contributed by atoms with Gasteiger partial charge in [0.15, 0.2) is 6.61 Å². The fraction of sp³-hybridized carbons (Fsp3) is 0.0800. The predicted octanol–water partition coefficient (Wildman–Crippen LogP) is 5.82. The summed E-state index contributed by atoms with van der Waals surface area (Å²) in [4.78, 5) is 6.26. The lowest BCUT2D eigenvalue weighted by molar-refractivity contribution is 0.309. The molecule has 0 aliphatic carbocycles. The molecule has 2 N–H and O–H groups in total. The monoisotopic (exact) mass is 395 g/mol. The minimum absolute atomic E-state index is 0.0815.